The fraction of sp³-hybridized carbons (Fsp3) is 0.800. The zero-order valence-corrected chi connectivity index (χ0v) is 7.45. The van der Waals surface area contributed by atoms with Gasteiger partial charge in [-0.05, 0) is 25.7 Å². The molecule has 0 aromatic rings. The Labute approximate surface area is 73.8 Å². The van der Waals surface area contributed by atoms with Crippen LogP contribution in [0.4, 0.5) is 0 Å². The summed E-state index contributed by atoms with van der Waals surface area (Å²) in [6.45, 7) is 2.59. The van der Waals surface area contributed by atoms with Gasteiger partial charge in [-0.2, -0.15) is 0 Å². The van der Waals surface area contributed by atoms with Crippen LogP contribution in [0.5, 0.6) is 0 Å². The van der Waals surface area contributed by atoms with Crippen molar-refractivity contribution in [3.63, 3.8) is 0 Å². The van der Waals surface area contributed by atoms with Gasteiger partial charge in [0, 0.05) is 25.2 Å². The van der Waals surface area contributed by atoms with E-state index in [4.69, 9.17) is 0 Å². The molecule has 0 amide bonds. The number of nitrogens with zero attached hydrogens (tertiary/aromatic N) is 2. The fourth-order valence-corrected chi connectivity index (χ4v) is 2.80. The SMILES string of the molecule is C1=CC2CCC1N1CCCCN21. The molecule has 2 unspecified atom stereocenters. The number of hydrogen-bond acceptors (Lipinski definition) is 2. The van der Waals surface area contributed by atoms with Crippen molar-refractivity contribution >= 4 is 0 Å². The Balaban J connectivity index is 1.90. The Bertz CT molecular complexity index is 190. The molecule has 2 nitrogen and oxygen atoms in total. The van der Waals surface area contributed by atoms with Crippen molar-refractivity contribution in [2.45, 2.75) is 37.8 Å². The predicted molar refractivity (Wildman–Crippen MR) is 48.6 cm³/mol. The summed E-state index contributed by atoms with van der Waals surface area (Å²) >= 11 is 0. The number of rotatable bonds is 0. The van der Waals surface area contributed by atoms with E-state index in [0.29, 0.717) is 0 Å². The third-order valence-electron chi connectivity index (χ3n) is 3.43. The predicted octanol–water partition coefficient (Wildman–Crippen LogP) is 1.40. The quantitative estimate of drug-likeness (QED) is 0.499. The molecule has 0 aromatic carbocycles. The van der Waals surface area contributed by atoms with E-state index < -0.39 is 0 Å². The molecule has 3 heterocycles. The molecule has 0 N–H and O–H groups in total. The molecule has 2 atom stereocenters. The maximum Gasteiger partial charge on any atom is 0.0427 e. The van der Waals surface area contributed by atoms with Crippen LogP contribution in [0.3, 0.4) is 0 Å². The van der Waals surface area contributed by atoms with Crippen molar-refractivity contribution in [2.24, 2.45) is 0 Å². The number of hydrogen-bond donors (Lipinski definition) is 0. The van der Waals surface area contributed by atoms with Crippen molar-refractivity contribution in [3.05, 3.63) is 12.2 Å². The Morgan fingerprint density at radius 3 is 1.75 bits per heavy atom. The van der Waals surface area contributed by atoms with Crippen LogP contribution < -0.4 is 0 Å². The third kappa shape index (κ3) is 0.882. The summed E-state index contributed by atoms with van der Waals surface area (Å²) in [4.78, 5) is 0. The topological polar surface area (TPSA) is 6.48 Å². The summed E-state index contributed by atoms with van der Waals surface area (Å²) in [6.07, 6.45) is 10.4. The summed E-state index contributed by atoms with van der Waals surface area (Å²) in [5.41, 5.74) is 0. The number of fused-ring (bicyclic) bond motifs is 1. The Hall–Kier alpha value is -0.340. The molecule has 4 aliphatic rings. The molecule has 2 saturated heterocycles. The largest absolute Gasteiger partial charge is 0.234 e. The van der Waals surface area contributed by atoms with E-state index in [0.717, 1.165) is 12.1 Å². The van der Waals surface area contributed by atoms with E-state index in [1.165, 1.54) is 38.8 Å². The minimum atomic E-state index is 0.746. The van der Waals surface area contributed by atoms with Crippen LogP contribution in [0.2, 0.25) is 0 Å². The average molecular weight is 164 g/mol. The van der Waals surface area contributed by atoms with Crippen LogP contribution in [0, 0.1) is 0 Å². The van der Waals surface area contributed by atoms with Crippen LogP contribution in [0.15, 0.2) is 12.2 Å². The van der Waals surface area contributed by atoms with Crippen molar-refractivity contribution in [3.8, 4) is 0 Å². The van der Waals surface area contributed by atoms with Gasteiger partial charge in [-0.15, -0.1) is 0 Å². The van der Waals surface area contributed by atoms with Gasteiger partial charge in [-0.3, -0.25) is 0 Å². The molecule has 0 aromatic heterocycles. The monoisotopic (exact) mass is 164 g/mol. The molecule has 2 heteroatoms. The molecule has 2 bridgehead atoms. The molecule has 0 radical (unpaired) electrons. The number of hydrazine groups is 1. The van der Waals surface area contributed by atoms with Crippen LogP contribution >= 0.6 is 0 Å². The molecule has 1 aliphatic carbocycles. The summed E-state index contributed by atoms with van der Waals surface area (Å²) < 4.78 is 0. The fourth-order valence-electron chi connectivity index (χ4n) is 2.80. The molecular weight excluding hydrogens is 148 g/mol. The standard InChI is InChI=1S/C10H16N2/c1-2-8-12-10-5-3-9(4-6-10)11(12)7-1/h3,5,9-10H,1-2,4,6-8H2. The van der Waals surface area contributed by atoms with E-state index in [-0.39, 0.29) is 0 Å². The summed E-state index contributed by atoms with van der Waals surface area (Å²) in [6, 6.07) is 1.49. The van der Waals surface area contributed by atoms with Crippen molar-refractivity contribution in [1.29, 1.82) is 0 Å². The first-order valence-electron chi connectivity index (χ1n) is 5.17. The van der Waals surface area contributed by atoms with E-state index in [1.54, 1.807) is 0 Å². The lowest BCUT2D eigenvalue weighted by atomic mass is 9.92. The van der Waals surface area contributed by atoms with Crippen LogP contribution in [-0.4, -0.2) is 35.2 Å². The van der Waals surface area contributed by atoms with Gasteiger partial charge < -0.3 is 0 Å². The minimum absolute atomic E-state index is 0.746. The highest BCUT2D eigenvalue weighted by Gasteiger charge is 2.37. The van der Waals surface area contributed by atoms with Gasteiger partial charge in [-0.25, -0.2) is 10.0 Å². The third-order valence-corrected chi connectivity index (χ3v) is 3.43. The van der Waals surface area contributed by atoms with Gasteiger partial charge in [0.1, 0.15) is 0 Å². The van der Waals surface area contributed by atoms with E-state index in [2.05, 4.69) is 22.2 Å². The Morgan fingerprint density at radius 1 is 0.833 bits per heavy atom. The highest BCUT2D eigenvalue weighted by Crippen LogP contribution is 2.32. The molecule has 0 spiro atoms. The van der Waals surface area contributed by atoms with E-state index in [1.807, 2.05) is 0 Å². The molecular formula is C10H16N2. The zero-order chi connectivity index (χ0) is 7.97. The van der Waals surface area contributed by atoms with Gasteiger partial charge in [0.2, 0.25) is 0 Å². The zero-order valence-electron chi connectivity index (χ0n) is 7.45. The minimum Gasteiger partial charge on any atom is -0.234 e. The normalized spacial score (nSPS) is 41.7. The maximum atomic E-state index is 2.59. The molecule has 2 fully saturated rings. The van der Waals surface area contributed by atoms with Gasteiger partial charge in [0.15, 0.2) is 0 Å². The van der Waals surface area contributed by atoms with Gasteiger partial charge in [0.05, 0.1) is 0 Å². The molecule has 3 aliphatic heterocycles. The Kier molecular flexibility index (Phi) is 1.52. The van der Waals surface area contributed by atoms with Gasteiger partial charge >= 0.3 is 0 Å². The highest BCUT2D eigenvalue weighted by molar-refractivity contribution is 5.10. The summed E-state index contributed by atoms with van der Waals surface area (Å²) in [5.74, 6) is 0. The summed E-state index contributed by atoms with van der Waals surface area (Å²) in [7, 11) is 0. The van der Waals surface area contributed by atoms with Gasteiger partial charge in [-0.1, -0.05) is 12.2 Å². The first-order chi connectivity index (χ1) is 5.95. The molecule has 4 rings (SSSR count). The van der Waals surface area contributed by atoms with E-state index in [9.17, 15) is 0 Å². The summed E-state index contributed by atoms with van der Waals surface area (Å²) in [5, 5.41) is 5.19. The van der Waals surface area contributed by atoms with Crippen LogP contribution in [-0.2, 0) is 0 Å². The maximum absolute atomic E-state index is 2.59. The first-order valence-corrected chi connectivity index (χ1v) is 5.17. The smallest absolute Gasteiger partial charge is 0.0427 e. The molecule has 0 saturated carbocycles. The van der Waals surface area contributed by atoms with Gasteiger partial charge in [0.25, 0.3) is 0 Å². The first kappa shape index (κ1) is 7.10. The van der Waals surface area contributed by atoms with Crippen molar-refractivity contribution in [2.75, 3.05) is 13.1 Å². The molecule has 66 valence electrons. The molecule has 12 heavy (non-hydrogen) atoms. The van der Waals surface area contributed by atoms with Crippen LogP contribution in [0.25, 0.3) is 0 Å². The second kappa shape index (κ2) is 2.57. The lowest BCUT2D eigenvalue weighted by molar-refractivity contribution is -0.126. The second-order valence-corrected chi connectivity index (χ2v) is 4.13. The van der Waals surface area contributed by atoms with Crippen LogP contribution in [0.1, 0.15) is 25.7 Å². The van der Waals surface area contributed by atoms with Crippen molar-refractivity contribution in [1.82, 2.24) is 10.0 Å². The Morgan fingerprint density at radius 2 is 1.33 bits per heavy atom. The average Bonchev–Trinajstić information content (AvgIpc) is 2.20. The second-order valence-electron chi connectivity index (χ2n) is 4.13. The lowest BCUT2D eigenvalue weighted by Crippen LogP contribution is -2.61. The highest BCUT2D eigenvalue weighted by atomic mass is 15.7. The van der Waals surface area contributed by atoms with E-state index >= 15 is 0 Å². The lowest BCUT2D eigenvalue weighted by Gasteiger charge is -2.52. The van der Waals surface area contributed by atoms with Crippen molar-refractivity contribution < 1.29 is 0 Å².